The van der Waals surface area contributed by atoms with Gasteiger partial charge >= 0.3 is 5.97 Å². The number of nitrogens with zero attached hydrogens (tertiary/aromatic N) is 2. The topological polar surface area (TPSA) is 112 Å². The number of carboxylic acids is 1. The van der Waals surface area contributed by atoms with Gasteiger partial charge in [0.2, 0.25) is 0 Å². The van der Waals surface area contributed by atoms with E-state index in [4.69, 9.17) is 0 Å². The molecule has 7 nitrogen and oxygen atoms in total. The summed E-state index contributed by atoms with van der Waals surface area (Å²) in [6.45, 7) is -0.242. The fourth-order valence-corrected chi connectivity index (χ4v) is 4.28. The number of hydrogen-bond donors (Lipinski definition) is 2. The van der Waals surface area contributed by atoms with Crippen LogP contribution in [-0.4, -0.2) is 27.3 Å². The van der Waals surface area contributed by atoms with Gasteiger partial charge in [-0.15, -0.1) is 0 Å². The summed E-state index contributed by atoms with van der Waals surface area (Å²) in [7, 11) is 0. The molecule has 164 valence electrons. The Morgan fingerprint density at radius 1 is 0.971 bits per heavy atom. The van der Waals surface area contributed by atoms with E-state index in [0.29, 0.717) is 27.9 Å². The monoisotopic (exact) mass is 447 g/mol. The van der Waals surface area contributed by atoms with Crippen molar-refractivity contribution in [3.8, 4) is 17.2 Å². The number of hydrogen-bond acceptors (Lipinski definition) is 4. The van der Waals surface area contributed by atoms with Gasteiger partial charge < -0.3 is 15.0 Å². The summed E-state index contributed by atoms with van der Waals surface area (Å²) in [5.41, 5.74) is 4.28. The van der Waals surface area contributed by atoms with Gasteiger partial charge in [-0.25, -0.2) is 0 Å². The molecule has 7 heteroatoms. The summed E-state index contributed by atoms with van der Waals surface area (Å²) >= 11 is 0. The third-order valence-corrected chi connectivity index (χ3v) is 5.77. The van der Waals surface area contributed by atoms with Crippen molar-refractivity contribution in [3.63, 3.8) is 0 Å². The molecule has 0 saturated heterocycles. The van der Waals surface area contributed by atoms with Crippen molar-refractivity contribution in [3.05, 3.63) is 95.2 Å². The van der Waals surface area contributed by atoms with Crippen molar-refractivity contribution in [1.29, 1.82) is 5.26 Å². The lowest BCUT2D eigenvalue weighted by Crippen LogP contribution is -2.13. The summed E-state index contributed by atoms with van der Waals surface area (Å²) < 4.78 is 1.56. The second-order valence-corrected chi connectivity index (χ2v) is 7.88. The van der Waals surface area contributed by atoms with Crippen LogP contribution in [0.25, 0.3) is 28.1 Å². The summed E-state index contributed by atoms with van der Waals surface area (Å²) in [5, 5.41) is 22.2. The maximum atomic E-state index is 12.9. The highest BCUT2D eigenvalue weighted by molar-refractivity contribution is 6.22. The lowest BCUT2D eigenvalue weighted by atomic mass is 10.1. The SMILES string of the molecule is N#CC(=Cc1cn(CC(=O)O)c2ccccc12)C(=O)Nc1ccc2c(c1)C(=O)c1ccccc1-2. The Labute approximate surface area is 194 Å². The van der Waals surface area contributed by atoms with Gasteiger partial charge in [-0.05, 0) is 35.4 Å². The Balaban J connectivity index is 1.45. The highest BCUT2D eigenvalue weighted by atomic mass is 16.4. The molecule has 4 aromatic rings. The van der Waals surface area contributed by atoms with E-state index in [1.165, 1.54) is 6.08 Å². The van der Waals surface area contributed by atoms with Gasteiger partial charge in [0.1, 0.15) is 18.2 Å². The van der Waals surface area contributed by atoms with E-state index in [-0.39, 0.29) is 17.9 Å². The van der Waals surface area contributed by atoms with Crippen molar-refractivity contribution in [2.45, 2.75) is 6.54 Å². The molecule has 0 atom stereocenters. The molecule has 5 rings (SSSR count). The van der Waals surface area contributed by atoms with Gasteiger partial charge in [-0.1, -0.05) is 48.5 Å². The molecule has 1 amide bonds. The fraction of sp³-hybridized carbons (Fsp3) is 0.0370. The first-order chi connectivity index (χ1) is 16.5. The molecular formula is C27H17N3O4. The third-order valence-electron chi connectivity index (χ3n) is 5.77. The molecule has 0 saturated carbocycles. The maximum absolute atomic E-state index is 12.9. The molecule has 3 aromatic carbocycles. The minimum atomic E-state index is -0.997. The number of rotatable bonds is 5. The van der Waals surface area contributed by atoms with Crippen molar-refractivity contribution in [1.82, 2.24) is 4.57 Å². The largest absolute Gasteiger partial charge is 0.480 e. The molecular weight excluding hydrogens is 430 g/mol. The summed E-state index contributed by atoms with van der Waals surface area (Å²) in [6, 6.07) is 21.5. The lowest BCUT2D eigenvalue weighted by Gasteiger charge is -2.07. The zero-order valence-electron chi connectivity index (χ0n) is 17.8. The van der Waals surface area contributed by atoms with E-state index >= 15 is 0 Å². The first-order valence-corrected chi connectivity index (χ1v) is 10.5. The average Bonchev–Trinajstić information content (AvgIpc) is 3.32. The predicted molar refractivity (Wildman–Crippen MR) is 127 cm³/mol. The van der Waals surface area contributed by atoms with Crippen LogP contribution in [0.3, 0.4) is 0 Å². The smallest absolute Gasteiger partial charge is 0.323 e. The number of aliphatic carboxylic acids is 1. The fourth-order valence-electron chi connectivity index (χ4n) is 4.28. The van der Waals surface area contributed by atoms with Crippen LogP contribution >= 0.6 is 0 Å². The maximum Gasteiger partial charge on any atom is 0.323 e. The predicted octanol–water partition coefficient (Wildman–Crippen LogP) is 4.48. The first-order valence-electron chi connectivity index (χ1n) is 10.5. The van der Waals surface area contributed by atoms with E-state index < -0.39 is 11.9 Å². The van der Waals surface area contributed by atoms with Gasteiger partial charge in [0.15, 0.2) is 5.78 Å². The van der Waals surface area contributed by atoms with Crippen LogP contribution in [0.1, 0.15) is 21.5 Å². The number of benzene rings is 3. The van der Waals surface area contributed by atoms with Crippen molar-refractivity contribution >= 4 is 40.3 Å². The number of fused-ring (bicyclic) bond motifs is 4. The number of para-hydroxylation sites is 1. The summed E-state index contributed by atoms with van der Waals surface area (Å²) in [4.78, 5) is 36.8. The van der Waals surface area contributed by atoms with Crippen LogP contribution in [0.5, 0.6) is 0 Å². The Kier molecular flexibility index (Phi) is 5.04. The van der Waals surface area contributed by atoms with E-state index in [1.54, 1.807) is 59.3 Å². The van der Waals surface area contributed by atoms with Crippen LogP contribution in [-0.2, 0) is 16.1 Å². The van der Waals surface area contributed by atoms with E-state index in [2.05, 4.69) is 5.32 Å². The molecule has 2 N–H and O–H groups in total. The molecule has 1 heterocycles. The van der Waals surface area contributed by atoms with Gasteiger partial charge in [0.05, 0.1) is 0 Å². The lowest BCUT2D eigenvalue weighted by molar-refractivity contribution is -0.137. The van der Waals surface area contributed by atoms with Gasteiger partial charge in [0.25, 0.3) is 5.91 Å². The van der Waals surface area contributed by atoms with E-state index in [0.717, 1.165) is 16.5 Å². The number of aromatic nitrogens is 1. The van der Waals surface area contributed by atoms with Crippen molar-refractivity contribution < 1.29 is 19.5 Å². The number of amides is 1. The molecule has 1 aliphatic rings. The number of anilines is 1. The van der Waals surface area contributed by atoms with E-state index in [1.807, 2.05) is 24.3 Å². The number of ketones is 1. The minimum absolute atomic E-state index is 0.107. The molecule has 0 bridgehead atoms. The zero-order chi connectivity index (χ0) is 23.8. The van der Waals surface area contributed by atoms with E-state index in [9.17, 15) is 24.8 Å². The average molecular weight is 447 g/mol. The van der Waals surface area contributed by atoms with Gasteiger partial charge in [-0.2, -0.15) is 5.26 Å². The van der Waals surface area contributed by atoms with Crippen LogP contribution < -0.4 is 5.32 Å². The van der Waals surface area contributed by atoms with Crippen molar-refractivity contribution in [2.75, 3.05) is 5.32 Å². The Morgan fingerprint density at radius 2 is 1.68 bits per heavy atom. The molecule has 0 fully saturated rings. The molecule has 0 aliphatic heterocycles. The molecule has 0 radical (unpaired) electrons. The number of carbonyl (C=O) groups excluding carboxylic acids is 2. The molecule has 1 aromatic heterocycles. The summed E-state index contributed by atoms with van der Waals surface area (Å²) in [5.74, 6) is -1.73. The molecule has 1 aliphatic carbocycles. The van der Waals surface area contributed by atoms with Gasteiger partial charge in [-0.3, -0.25) is 14.4 Å². The highest BCUT2D eigenvalue weighted by Crippen LogP contribution is 2.37. The zero-order valence-corrected chi connectivity index (χ0v) is 17.8. The van der Waals surface area contributed by atoms with Crippen LogP contribution in [0, 0.1) is 11.3 Å². The number of nitriles is 1. The Bertz CT molecular complexity index is 1590. The number of carboxylic acid groups (broad SMARTS) is 1. The molecule has 0 spiro atoms. The van der Waals surface area contributed by atoms with Crippen LogP contribution in [0.4, 0.5) is 5.69 Å². The second-order valence-electron chi connectivity index (χ2n) is 7.88. The second kappa shape index (κ2) is 8.19. The first kappa shape index (κ1) is 20.9. The highest BCUT2D eigenvalue weighted by Gasteiger charge is 2.26. The Morgan fingerprint density at radius 3 is 2.44 bits per heavy atom. The van der Waals surface area contributed by atoms with Crippen LogP contribution in [0.2, 0.25) is 0 Å². The van der Waals surface area contributed by atoms with Crippen molar-refractivity contribution in [2.24, 2.45) is 0 Å². The molecule has 34 heavy (non-hydrogen) atoms. The van der Waals surface area contributed by atoms with Gasteiger partial charge in [0, 0.05) is 39.5 Å². The number of carbonyl (C=O) groups is 3. The van der Waals surface area contributed by atoms with Crippen LogP contribution in [0.15, 0.2) is 78.5 Å². The number of nitrogens with one attached hydrogen (secondary N) is 1. The summed E-state index contributed by atoms with van der Waals surface area (Å²) in [6.07, 6.45) is 3.04. The normalized spacial score (nSPS) is 12.2. The Hall–Kier alpha value is -4.96. The third kappa shape index (κ3) is 3.53. The standard InChI is InChI=1S/C27H17N3O4/c28-13-16(11-17-14-30(15-25(31)32)24-8-4-3-5-19(17)24)27(34)29-18-9-10-21-20-6-1-2-7-22(20)26(33)23(21)12-18/h1-12,14H,15H2,(H,29,34)(H,31,32). The quantitative estimate of drug-likeness (QED) is 0.305. The minimum Gasteiger partial charge on any atom is -0.480 e. The molecule has 0 unspecified atom stereocenters.